The Labute approximate surface area is 195 Å². The van der Waals surface area contributed by atoms with Crippen LogP contribution in [0.5, 0.6) is 5.75 Å². The average Bonchev–Trinajstić information content (AvgIpc) is 2.77. The number of rotatable bonds is 6. The standard InChI is InChI=1S/C25H34N4O4/c1-17(2)21(28-24(31)33-25(3,4)5)23(30)29-13-11-19(12-14-29)32-20-15-26-22(27-16-20)18-9-7-6-8-10-18/h6-10,15-17,19,21H,11-14H2,1-5H3,(H,28,31)/t21-/m0/s1. The van der Waals surface area contributed by atoms with Crippen molar-refractivity contribution in [2.45, 2.75) is 65.2 Å². The number of hydrogen-bond donors (Lipinski definition) is 1. The highest BCUT2D eigenvalue weighted by Crippen LogP contribution is 2.21. The monoisotopic (exact) mass is 454 g/mol. The zero-order chi connectivity index (χ0) is 24.0. The number of alkyl carbamates (subject to hydrolysis) is 1. The molecule has 0 unspecified atom stereocenters. The van der Waals surface area contributed by atoms with E-state index in [-0.39, 0.29) is 17.9 Å². The third-order valence-electron chi connectivity index (χ3n) is 5.32. The maximum atomic E-state index is 13.1. The minimum absolute atomic E-state index is 0.0171. The number of carbonyl (C=O) groups excluding carboxylic acids is 2. The smallest absolute Gasteiger partial charge is 0.408 e. The summed E-state index contributed by atoms with van der Waals surface area (Å²) in [5.74, 6) is 1.12. The van der Waals surface area contributed by atoms with Gasteiger partial charge < -0.3 is 19.7 Å². The molecule has 0 saturated carbocycles. The van der Waals surface area contributed by atoms with Gasteiger partial charge in [-0.25, -0.2) is 14.8 Å². The molecule has 2 heterocycles. The van der Waals surface area contributed by atoms with Crippen molar-refractivity contribution in [3.8, 4) is 17.1 Å². The van der Waals surface area contributed by atoms with Crippen LogP contribution in [0.25, 0.3) is 11.4 Å². The fourth-order valence-corrected chi connectivity index (χ4v) is 3.64. The summed E-state index contributed by atoms with van der Waals surface area (Å²) >= 11 is 0. The summed E-state index contributed by atoms with van der Waals surface area (Å²) < 4.78 is 11.4. The Morgan fingerprint density at radius 2 is 1.67 bits per heavy atom. The summed E-state index contributed by atoms with van der Waals surface area (Å²) in [5, 5.41) is 2.74. The van der Waals surface area contributed by atoms with Crippen LogP contribution < -0.4 is 10.1 Å². The third-order valence-corrected chi connectivity index (χ3v) is 5.32. The number of benzene rings is 1. The van der Waals surface area contributed by atoms with E-state index in [9.17, 15) is 9.59 Å². The van der Waals surface area contributed by atoms with Gasteiger partial charge in [0.15, 0.2) is 11.6 Å². The van der Waals surface area contributed by atoms with Crippen LogP contribution in [-0.4, -0.2) is 57.7 Å². The fraction of sp³-hybridized carbons (Fsp3) is 0.520. The van der Waals surface area contributed by atoms with Gasteiger partial charge in [-0.05, 0) is 26.7 Å². The number of amides is 2. The van der Waals surface area contributed by atoms with Crippen molar-refractivity contribution in [1.29, 1.82) is 0 Å². The Morgan fingerprint density at radius 3 is 2.21 bits per heavy atom. The van der Waals surface area contributed by atoms with Gasteiger partial charge >= 0.3 is 6.09 Å². The topological polar surface area (TPSA) is 93.7 Å². The van der Waals surface area contributed by atoms with Crippen LogP contribution in [0.4, 0.5) is 4.79 Å². The molecule has 33 heavy (non-hydrogen) atoms. The zero-order valence-electron chi connectivity index (χ0n) is 20.1. The molecule has 2 aromatic rings. The highest BCUT2D eigenvalue weighted by Gasteiger charge is 2.33. The Kier molecular flexibility index (Phi) is 7.89. The predicted octanol–water partition coefficient (Wildman–Crippen LogP) is 4.06. The van der Waals surface area contributed by atoms with Crippen LogP contribution in [0.2, 0.25) is 0 Å². The minimum atomic E-state index is -0.628. The van der Waals surface area contributed by atoms with Gasteiger partial charge in [0.25, 0.3) is 0 Å². The number of nitrogens with one attached hydrogen (secondary N) is 1. The summed E-state index contributed by atoms with van der Waals surface area (Å²) in [6.07, 6.45) is 4.18. The van der Waals surface area contributed by atoms with Gasteiger partial charge in [0.2, 0.25) is 5.91 Å². The number of likely N-dealkylation sites (tertiary alicyclic amines) is 1. The number of carbonyl (C=O) groups is 2. The van der Waals surface area contributed by atoms with Crippen molar-refractivity contribution in [2.75, 3.05) is 13.1 Å². The summed E-state index contributed by atoms with van der Waals surface area (Å²) in [7, 11) is 0. The van der Waals surface area contributed by atoms with Crippen molar-refractivity contribution in [2.24, 2.45) is 5.92 Å². The second-order valence-corrected chi connectivity index (χ2v) is 9.62. The molecule has 1 N–H and O–H groups in total. The summed E-state index contributed by atoms with van der Waals surface area (Å²) in [5.41, 5.74) is 0.337. The molecule has 1 aliphatic rings. The SMILES string of the molecule is CC(C)[C@H](NC(=O)OC(C)(C)C)C(=O)N1CCC(Oc2cnc(-c3ccccc3)nc2)CC1. The van der Waals surface area contributed by atoms with Crippen molar-refractivity contribution >= 4 is 12.0 Å². The largest absolute Gasteiger partial charge is 0.487 e. The second kappa shape index (κ2) is 10.6. The van der Waals surface area contributed by atoms with Gasteiger partial charge in [-0.15, -0.1) is 0 Å². The van der Waals surface area contributed by atoms with E-state index < -0.39 is 17.7 Å². The molecule has 8 heteroatoms. The molecule has 0 radical (unpaired) electrons. The van der Waals surface area contributed by atoms with Crippen LogP contribution in [0.1, 0.15) is 47.5 Å². The van der Waals surface area contributed by atoms with E-state index in [4.69, 9.17) is 9.47 Å². The first-order chi connectivity index (χ1) is 15.6. The maximum absolute atomic E-state index is 13.1. The first-order valence-electron chi connectivity index (χ1n) is 11.4. The van der Waals surface area contributed by atoms with Crippen LogP contribution in [0.3, 0.4) is 0 Å². The van der Waals surface area contributed by atoms with E-state index in [1.807, 2.05) is 44.2 Å². The van der Waals surface area contributed by atoms with Crippen molar-refractivity contribution < 1.29 is 19.1 Å². The summed E-state index contributed by atoms with van der Waals surface area (Å²) in [4.78, 5) is 35.9. The first kappa shape index (κ1) is 24.5. The molecule has 1 aliphatic heterocycles. The molecule has 2 amide bonds. The lowest BCUT2D eigenvalue weighted by Crippen LogP contribution is -2.54. The average molecular weight is 455 g/mol. The molecule has 1 fully saturated rings. The van der Waals surface area contributed by atoms with E-state index in [1.54, 1.807) is 38.1 Å². The number of hydrogen-bond acceptors (Lipinski definition) is 6. The molecule has 0 spiro atoms. The summed E-state index contributed by atoms with van der Waals surface area (Å²) in [6, 6.07) is 9.15. The lowest BCUT2D eigenvalue weighted by molar-refractivity contribution is -0.136. The van der Waals surface area contributed by atoms with E-state index in [0.29, 0.717) is 37.5 Å². The van der Waals surface area contributed by atoms with E-state index in [1.165, 1.54) is 0 Å². The van der Waals surface area contributed by atoms with Gasteiger partial charge in [0, 0.05) is 31.5 Å². The Bertz CT molecular complexity index is 918. The van der Waals surface area contributed by atoms with Gasteiger partial charge in [0.1, 0.15) is 17.7 Å². The first-order valence-corrected chi connectivity index (χ1v) is 11.4. The van der Waals surface area contributed by atoms with Gasteiger partial charge in [0.05, 0.1) is 12.4 Å². The predicted molar refractivity (Wildman–Crippen MR) is 126 cm³/mol. The van der Waals surface area contributed by atoms with Crippen LogP contribution >= 0.6 is 0 Å². The lowest BCUT2D eigenvalue weighted by Gasteiger charge is -2.35. The molecule has 0 bridgehead atoms. The molecular weight excluding hydrogens is 420 g/mol. The summed E-state index contributed by atoms with van der Waals surface area (Å²) in [6.45, 7) is 10.3. The van der Waals surface area contributed by atoms with Gasteiger partial charge in [-0.3, -0.25) is 4.79 Å². The van der Waals surface area contributed by atoms with E-state index >= 15 is 0 Å². The highest BCUT2D eigenvalue weighted by atomic mass is 16.6. The Hall–Kier alpha value is -3.16. The molecule has 178 valence electrons. The fourth-order valence-electron chi connectivity index (χ4n) is 3.64. The number of aromatic nitrogens is 2. The zero-order valence-corrected chi connectivity index (χ0v) is 20.1. The molecule has 1 aromatic carbocycles. The lowest BCUT2D eigenvalue weighted by atomic mass is 10.0. The van der Waals surface area contributed by atoms with Crippen LogP contribution in [-0.2, 0) is 9.53 Å². The highest BCUT2D eigenvalue weighted by molar-refractivity contribution is 5.86. The third kappa shape index (κ3) is 7.17. The molecule has 1 saturated heterocycles. The van der Waals surface area contributed by atoms with Gasteiger partial charge in [-0.1, -0.05) is 44.2 Å². The Balaban J connectivity index is 1.52. The van der Waals surface area contributed by atoms with Crippen molar-refractivity contribution in [1.82, 2.24) is 20.2 Å². The normalized spacial score (nSPS) is 15.8. The van der Waals surface area contributed by atoms with Crippen LogP contribution in [0.15, 0.2) is 42.7 Å². The van der Waals surface area contributed by atoms with Crippen LogP contribution in [0, 0.1) is 5.92 Å². The molecule has 0 aliphatic carbocycles. The quantitative estimate of drug-likeness (QED) is 0.707. The van der Waals surface area contributed by atoms with Crippen molar-refractivity contribution in [3.63, 3.8) is 0 Å². The Morgan fingerprint density at radius 1 is 1.06 bits per heavy atom. The number of ether oxygens (including phenoxy) is 2. The van der Waals surface area contributed by atoms with E-state index in [2.05, 4.69) is 15.3 Å². The van der Waals surface area contributed by atoms with Gasteiger partial charge in [-0.2, -0.15) is 0 Å². The molecule has 1 aromatic heterocycles. The molecule has 3 rings (SSSR count). The van der Waals surface area contributed by atoms with Crippen molar-refractivity contribution in [3.05, 3.63) is 42.7 Å². The number of nitrogens with zero attached hydrogens (tertiary/aromatic N) is 3. The molecule has 8 nitrogen and oxygen atoms in total. The maximum Gasteiger partial charge on any atom is 0.408 e. The van der Waals surface area contributed by atoms with E-state index in [0.717, 1.165) is 5.56 Å². The number of piperidine rings is 1. The second-order valence-electron chi connectivity index (χ2n) is 9.62. The minimum Gasteiger partial charge on any atom is -0.487 e. The molecule has 1 atom stereocenters. The molecular formula is C25H34N4O4.